The van der Waals surface area contributed by atoms with Crippen LogP contribution >= 0.6 is 35.3 Å². The highest BCUT2D eigenvalue weighted by Crippen LogP contribution is 2.13. The van der Waals surface area contributed by atoms with Crippen LogP contribution in [-0.2, 0) is 16.0 Å². The molecule has 0 radical (unpaired) electrons. The van der Waals surface area contributed by atoms with Crippen molar-refractivity contribution in [3.63, 3.8) is 0 Å². The summed E-state index contributed by atoms with van der Waals surface area (Å²) < 4.78 is 11.1. The van der Waals surface area contributed by atoms with Crippen LogP contribution in [0, 0.1) is 0 Å². The number of ether oxygens (including phenoxy) is 2. The predicted octanol–water partition coefficient (Wildman–Crippen LogP) is 2.89. The lowest BCUT2D eigenvalue weighted by molar-refractivity contribution is 0.0485. The standard InChI is InChI=1S/C19H34N4O2S.HI/c1-3-4-12-24-14-15-25-13-7-21-19(20-2)23-10-8-22(9-11-23)17-18-6-5-16-26-18;/h5-6,16H,3-4,7-15,17H2,1-2H3,(H,20,21);1H. The first kappa shape index (κ1) is 24.6. The van der Waals surface area contributed by atoms with Crippen molar-refractivity contribution in [2.45, 2.75) is 26.3 Å². The number of unbranched alkanes of at least 4 members (excludes halogenated alkanes) is 1. The Morgan fingerprint density at radius 1 is 1.15 bits per heavy atom. The summed E-state index contributed by atoms with van der Waals surface area (Å²) in [7, 11) is 1.85. The van der Waals surface area contributed by atoms with Crippen LogP contribution in [0.3, 0.4) is 0 Å². The molecule has 0 spiro atoms. The maximum absolute atomic E-state index is 5.60. The Morgan fingerprint density at radius 3 is 2.52 bits per heavy atom. The minimum Gasteiger partial charge on any atom is -0.379 e. The fraction of sp³-hybridized carbons (Fsp3) is 0.737. The zero-order valence-electron chi connectivity index (χ0n) is 16.7. The van der Waals surface area contributed by atoms with Crippen molar-refractivity contribution < 1.29 is 9.47 Å². The smallest absolute Gasteiger partial charge is 0.193 e. The predicted molar refractivity (Wildman–Crippen MR) is 124 cm³/mol. The Labute approximate surface area is 185 Å². The van der Waals surface area contributed by atoms with Crippen molar-refractivity contribution >= 4 is 41.3 Å². The van der Waals surface area contributed by atoms with Crippen molar-refractivity contribution in [2.75, 3.05) is 66.2 Å². The Hall–Kier alpha value is -0.420. The monoisotopic (exact) mass is 510 g/mol. The number of rotatable bonds is 11. The molecule has 27 heavy (non-hydrogen) atoms. The van der Waals surface area contributed by atoms with E-state index in [1.54, 1.807) is 0 Å². The molecule has 1 aliphatic heterocycles. The Balaban J connectivity index is 0.00000364. The molecule has 1 N–H and O–H groups in total. The van der Waals surface area contributed by atoms with E-state index in [2.05, 4.69) is 44.5 Å². The summed E-state index contributed by atoms with van der Waals surface area (Å²) in [5.74, 6) is 0.976. The largest absolute Gasteiger partial charge is 0.379 e. The molecule has 0 amide bonds. The van der Waals surface area contributed by atoms with Crippen molar-refractivity contribution in [3.8, 4) is 0 Å². The Kier molecular flexibility index (Phi) is 14.1. The quantitative estimate of drug-likeness (QED) is 0.215. The van der Waals surface area contributed by atoms with E-state index in [-0.39, 0.29) is 24.0 Å². The maximum Gasteiger partial charge on any atom is 0.193 e. The minimum absolute atomic E-state index is 0. The van der Waals surface area contributed by atoms with E-state index in [1.165, 1.54) is 11.3 Å². The number of nitrogens with one attached hydrogen (secondary N) is 1. The van der Waals surface area contributed by atoms with E-state index in [0.29, 0.717) is 19.8 Å². The van der Waals surface area contributed by atoms with Crippen LogP contribution in [0.5, 0.6) is 0 Å². The molecule has 2 heterocycles. The van der Waals surface area contributed by atoms with E-state index in [4.69, 9.17) is 9.47 Å². The molecule has 8 heteroatoms. The van der Waals surface area contributed by atoms with Gasteiger partial charge in [-0.2, -0.15) is 0 Å². The lowest BCUT2D eigenvalue weighted by Crippen LogP contribution is -2.52. The number of hydrogen-bond acceptors (Lipinski definition) is 5. The molecule has 1 aromatic rings. The molecule has 0 aliphatic carbocycles. The first-order valence-corrected chi connectivity index (χ1v) is 10.6. The van der Waals surface area contributed by atoms with Gasteiger partial charge < -0.3 is 19.7 Å². The molecule has 0 unspecified atom stereocenters. The fourth-order valence-corrected chi connectivity index (χ4v) is 3.62. The molecule has 0 aromatic carbocycles. The highest BCUT2D eigenvalue weighted by Gasteiger charge is 2.19. The second-order valence-corrected chi connectivity index (χ2v) is 7.43. The van der Waals surface area contributed by atoms with Crippen LogP contribution in [0.4, 0.5) is 0 Å². The van der Waals surface area contributed by atoms with Gasteiger partial charge in [-0.05, 0) is 17.9 Å². The van der Waals surface area contributed by atoms with Gasteiger partial charge in [0.1, 0.15) is 0 Å². The summed E-state index contributed by atoms with van der Waals surface area (Å²) in [6.45, 7) is 11.0. The molecule has 0 saturated carbocycles. The van der Waals surface area contributed by atoms with Gasteiger partial charge in [-0.25, -0.2) is 0 Å². The summed E-state index contributed by atoms with van der Waals surface area (Å²) in [6.07, 6.45) is 2.30. The SMILES string of the molecule is CCCCOCCOCCNC(=NC)N1CCN(Cc2cccs2)CC1.I. The van der Waals surface area contributed by atoms with Gasteiger partial charge in [-0.1, -0.05) is 19.4 Å². The lowest BCUT2D eigenvalue weighted by Gasteiger charge is -2.36. The fourth-order valence-electron chi connectivity index (χ4n) is 2.88. The van der Waals surface area contributed by atoms with Crippen LogP contribution in [0.2, 0.25) is 0 Å². The van der Waals surface area contributed by atoms with Gasteiger partial charge in [0.25, 0.3) is 0 Å². The third-order valence-corrected chi connectivity index (χ3v) is 5.25. The molecular weight excluding hydrogens is 475 g/mol. The molecule has 0 bridgehead atoms. The molecule has 2 rings (SSSR count). The number of guanidine groups is 1. The van der Waals surface area contributed by atoms with Gasteiger partial charge in [0, 0.05) is 57.8 Å². The topological polar surface area (TPSA) is 49.3 Å². The number of piperazine rings is 1. The van der Waals surface area contributed by atoms with Crippen LogP contribution < -0.4 is 5.32 Å². The Bertz CT molecular complexity index is 494. The summed E-state index contributed by atoms with van der Waals surface area (Å²) in [5.41, 5.74) is 0. The molecular formula is C19H35IN4O2S. The van der Waals surface area contributed by atoms with Crippen LogP contribution in [0.15, 0.2) is 22.5 Å². The summed E-state index contributed by atoms with van der Waals surface area (Å²) in [5, 5.41) is 5.55. The second-order valence-electron chi connectivity index (χ2n) is 6.39. The van der Waals surface area contributed by atoms with Gasteiger partial charge in [-0.3, -0.25) is 9.89 Å². The van der Waals surface area contributed by atoms with Crippen LogP contribution in [0.25, 0.3) is 0 Å². The van der Waals surface area contributed by atoms with E-state index in [0.717, 1.165) is 58.3 Å². The van der Waals surface area contributed by atoms with Gasteiger partial charge >= 0.3 is 0 Å². The minimum atomic E-state index is 0. The van der Waals surface area contributed by atoms with Crippen molar-refractivity contribution in [1.29, 1.82) is 0 Å². The van der Waals surface area contributed by atoms with Crippen molar-refractivity contribution in [1.82, 2.24) is 15.1 Å². The maximum atomic E-state index is 5.60. The van der Waals surface area contributed by atoms with E-state index in [9.17, 15) is 0 Å². The first-order valence-electron chi connectivity index (χ1n) is 9.69. The molecule has 1 fully saturated rings. The Morgan fingerprint density at radius 2 is 1.89 bits per heavy atom. The third kappa shape index (κ3) is 10.1. The average Bonchev–Trinajstić information content (AvgIpc) is 3.17. The van der Waals surface area contributed by atoms with Crippen molar-refractivity contribution in [2.24, 2.45) is 4.99 Å². The third-order valence-electron chi connectivity index (χ3n) is 4.39. The van der Waals surface area contributed by atoms with E-state index in [1.807, 2.05) is 18.4 Å². The van der Waals surface area contributed by atoms with Gasteiger partial charge in [0.2, 0.25) is 0 Å². The zero-order chi connectivity index (χ0) is 18.5. The summed E-state index contributed by atoms with van der Waals surface area (Å²) in [6, 6.07) is 4.34. The molecule has 0 atom stereocenters. The van der Waals surface area contributed by atoms with E-state index >= 15 is 0 Å². The lowest BCUT2D eigenvalue weighted by atomic mass is 10.3. The average molecular weight is 510 g/mol. The summed E-state index contributed by atoms with van der Waals surface area (Å²) >= 11 is 1.84. The van der Waals surface area contributed by atoms with Gasteiger partial charge in [-0.15, -0.1) is 35.3 Å². The first-order chi connectivity index (χ1) is 12.8. The number of aliphatic imine (C=N–C) groups is 1. The highest BCUT2D eigenvalue weighted by atomic mass is 127. The zero-order valence-corrected chi connectivity index (χ0v) is 19.8. The second kappa shape index (κ2) is 15.5. The van der Waals surface area contributed by atoms with E-state index < -0.39 is 0 Å². The number of halogens is 1. The molecule has 6 nitrogen and oxygen atoms in total. The normalized spacial score (nSPS) is 15.6. The number of thiophene rings is 1. The number of nitrogens with zero attached hydrogens (tertiary/aromatic N) is 3. The van der Waals surface area contributed by atoms with Gasteiger partial charge in [0.15, 0.2) is 5.96 Å². The number of hydrogen-bond donors (Lipinski definition) is 1. The van der Waals surface area contributed by atoms with Crippen molar-refractivity contribution in [3.05, 3.63) is 22.4 Å². The summed E-state index contributed by atoms with van der Waals surface area (Å²) in [4.78, 5) is 10.7. The van der Waals surface area contributed by atoms with Crippen LogP contribution in [-0.4, -0.2) is 82.0 Å². The molecule has 1 aliphatic rings. The molecule has 1 aromatic heterocycles. The highest BCUT2D eigenvalue weighted by molar-refractivity contribution is 14.0. The molecule has 156 valence electrons. The van der Waals surface area contributed by atoms with Gasteiger partial charge in [0.05, 0.1) is 19.8 Å². The molecule has 1 saturated heterocycles. The van der Waals surface area contributed by atoms with Crippen LogP contribution in [0.1, 0.15) is 24.6 Å².